The maximum atomic E-state index is 3.18. The monoisotopic (exact) mass is 112 g/mol. The standard InChI is InChI=1S/C6H12N2/c1-5-6(7-2)3-4-8-5/h3-8H,1-2H3. The van der Waals surface area contributed by atoms with Gasteiger partial charge in [-0.25, -0.2) is 0 Å². The summed E-state index contributed by atoms with van der Waals surface area (Å²) in [4.78, 5) is 0. The molecule has 0 aromatic heterocycles. The van der Waals surface area contributed by atoms with Crippen LogP contribution in [-0.4, -0.2) is 19.1 Å². The fourth-order valence-electron chi connectivity index (χ4n) is 0.928. The minimum atomic E-state index is 0.523. The highest BCUT2D eigenvalue weighted by atomic mass is 15.0. The average Bonchev–Trinajstić information content (AvgIpc) is 2.14. The highest BCUT2D eigenvalue weighted by molar-refractivity contribution is 5.04. The van der Waals surface area contributed by atoms with Crippen LogP contribution >= 0.6 is 0 Å². The van der Waals surface area contributed by atoms with Gasteiger partial charge in [0.15, 0.2) is 0 Å². The van der Waals surface area contributed by atoms with Gasteiger partial charge < -0.3 is 10.6 Å². The second kappa shape index (κ2) is 2.18. The SMILES string of the molecule is CNC1C=CNC1C. The maximum absolute atomic E-state index is 3.18. The lowest BCUT2D eigenvalue weighted by Gasteiger charge is -2.12. The molecule has 0 saturated heterocycles. The quantitative estimate of drug-likeness (QED) is 0.502. The predicted molar refractivity (Wildman–Crippen MR) is 34.6 cm³/mol. The van der Waals surface area contributed by atoms with Crippen molar-refractivity contribution < 1.29 is 0 Å². The van der Waals surface area contributed by atoms with Crippen LogP contribution in [-0.2, 0) is 0 Å². The summed E-state index contributed by atoms with van der Waals surface area (Å²) in [5.41, 5.74) is 0. The van der Waals surface area contributed by atoms with Gasteiger partial charge in [0.2, 0.25) is 0 Å². The van der Waals surface area contributed by atoms with Crippen LogP contribution in [0.4, 0.5) is 0 Å². The van der Waals surface area contributed by atoms with E-state index in [2.05, 4.69) is 23.6 Å². The molecule has 0 aromatic rings. The Kier molecular flexibility index (Phi) is 1.53. The fourth-order valence-corrected chi connectivity index (χ4v) is 0.928. The van der Waals surface area contributed by atoms with Gasteiger partial charge in [-0.1, -0.05) is 0 Å². The number of hydrogen-bond donors (Lipinski definition) is 2. The van der Waals surface area contributed by atoms with Crippen molar-refractivity contribution in [2.75, 3.05) is 7.05 Å². The van der Waals surface area contributed by atoms with Crippen molar-refractivity contribution in [3.63, 3.8) is 0 Å². The van der Waals surface area contributed by atoms with Crippen LogP contribution in [0.5, 0.6) is 0 Å². The van der Waals surface area contributed by atoms with Crippen LogP contribution in [0.1, 0.15) is 6.92 Å². The van der Waals surface area contributed by atoms with Gasteiger partial charge in [0.05, 0.1) is 0 Å². The minimum Gasteiger partial charge on any atom is -0.387 e. The van der Waals surface area contributed by atoms with Gasteiger partial charge >= 0.3 is 0 Å². The van der Waals surface area contributed by atoms with Gasteiger partial charge in [-0.3, -0.25) is 0 Å². The van der Waals surface area contributed by atoms with E-state index < -0.39 is 0 Å². The van der Waals surface area contributed by atoms with Crippen molar-refractivity contribution >= 4 is 0 Å². The zero-order valence-corrected chi connectivity index (χ0v) is 5.31. The molecule has 0 amide bonds. The van der Waals surface area contributed by atoms with Crippen molar-refractivity contribution in [1.82, 2.24) is 10.6 Å². The first-order valence-electron chi connectivity index (χ1n) is 2.94. The lowest BCUT2D eigenvalue weighted by atomic mass is 10.2. The van der Waals surface area contributed by atoms with Crippen molar-refractivity contribution in [3.05, 3.63) is 12.3 Å². The summed E-state index contributed by atoms with van der Waals surface area (Å²) in [6, 6.07) is 1.08. The molecule has 2 atom stereocenters. The van der Waals surface area contributed by atoms with Crippen molar-refractivity contribution in [2.24, 2.45) is 0 Å². The zero-order chi connectivity index (χ0) is 5.98. The smallest absolute Gasteiger partial charge is 0.0466 e. The van der Waals surface area contributed by atoms with E-state index in [1.807, 2.05) is 13.2 Å². The molecular weight excluding hydrogens is 100 g/mol. The minimum absolute atomic E-state index is 0.523. The topological polar surface area (TPSA) is 24.1 Å². The summed E-state index contributed by atoms with van der Waals surface area (Å²) in [6.45, 7) is 2.15. The second-order valence-electron chi connectivity index (χ2n) is 2.13. The Bertz CT molecular complexity index is 98.7. The summed E-state index contributed by atoms with van der Waals surface area (Å²) in [5.74, 6) is 0. The van der Waals surface area contributed by atoms with Gasteiger partial charge in [0, 0.05) is 12.1 Å². The summed E-state index contributed by atoms with van der Waals surface area (Å²) < 4.78 is 0. The third-order valence-corrected chi connectivity index (χ3v) is 1.53. The van der Waals surface area contributed by atoms with Gasteiger partial charge in [-0.05, 0) is 26.2 Å². The molecule has 0 radical (unpaired) electrons. The van der Waals surface area contributed by atoms with E-state index in [1.54, 1.807) is 0 Å². The molecule has 1 rings (SSSR count). The van der Waals surface area contributed by atoms with Crippen molar-refractivity contribution in [1.29, 1.82) is 0 Å². The van der Waals surface area contributed by atoms with E-state index >= 15 is 0 Å². The van der Waals surface area contributed by atoms with Gasteiger partial charge in [0.25, 0.3) is 0 Å². The zero-order valence-electron chi connectivity index (χ0n) is 5.31. The Morgan fingerprint density at radius 2 is 2.38 bits per heavy atom. The molecular formula is C6H12N2. The Hall–Kier alpha value is -0.500. The number of rotatable bonds is 1. The lowest BCUT2D eigenvalue weighted by Crippen LogP contribution is -2.36. The summed E-state index contributed by atoms with van der Waals surface area (Å²) in [7, 11) is 1.97. The molecule has 0 bridgehead atoms. The third kappa shape index (κ3) is 0.842. The van der Waals surface area contributed by atoms with E-state index in [0.29, 0.717) is 12.1 Å². The number of nitrogens with one attached hydrogen (secondary N) is 2. The van der Waals surface area contributed by atoms with E-state index in [1.165, 1.54) is 0 Å². The largest absolute Gasteiger partial charge is 0.387 e. The summed E-state index contributed by atoms with van der Waals surface area (Å²) >= 11 is 0. The highest BCUT2D eigenvalue weighted by Gasteiger charge is 2.13. The first-order valence-corrected chi connectivity index (χ1v) is 2.94. The molecule has 46 valence electrons. The van der Waals surface area contributed by atoms with Crippen LogP contribution in [0.3, 0.4) is 0 Å². The molecule has 0 saturated carbocycles. The molecule has 1 aliphatic rings. The molecule has 8 heavy (non-hydrogen) atoms. The van der Waals surface area contributed by atoms with E-state index in [0.717, 1.165) is 0 Å². The molecule has 0 fully saturated rings. The fraction of sp³-hybridized carbons (Fsp3) is 0.667. The van der Waals surface area contributed by atoms with Gasteiger partial charge in [-0.2, -0.15) is 0 Å². The van der Waals surface area contributed by atoms with Crippen molar-refractivity contribution in [2.45, 2.75) is 19.0 Å². The third-order valence-electron chi connectivity index (χ3n) is 1.53. The Balaban J connectivity index is 2.41. The van der Waals surface area contributed by atoms with Crippen LogP contribution in [0.2, 0.25) is 0 Å². The molecule has 0 spiro atoms. The lowest BCUT2D eigenvalue weighted by molar-refractivity contribution is 0.544. The average molecular weight is 112 g/mol. The molecule has 2 N–H and O–H groups in total. The van der Waals surface area contributed by atoms with Crippen LogP contribution in [0, 0.1) is 0 Å². The maximum Gasteiger partial charge on any atom is 0.0466 e. The first-order chi connectivity index (χ1) is 3.84. The van der Waals surface area contributed by atoms with Crippen molar-refractivity contribution in [3.8, 4) is 0 Å². The van der Waals surface area contributed by atoms with E-state index in [9.17, 15) is 0 Å². The number of hydrogen-bond acceptors (Lipinski definition) is 2. The van der Waals surface area contributed by atoms with E-state index in [-0.39, 0.29) is 0 Å². The van der Waals surface area contributed by atoms with Gasteiger partial charge in [-0.15, -0.1) is 0 Å². The molecule has 1 aliphatic heterocycles. The molecule has 2 heteroatoms. The van der Waals surface area contributed by atoms with E-state index in [4.69, 9.17) is 0 Å². The molecule has 1 heterocycles. The second-order valence-corrected chi connectivity index (χ2v) is 2.13. The first kappa shape index (κ1) is 5.63. The highest BCUT2D eigenvalue weighted by Crippen LogP contribution is 1.99. The summed E-state index contributed by atoms with van der Waals surface area (Å²) in [6.07, 6.45) is 4.12. The van der Waals surface area contributed by atoms with Crippen LogP contribution < -0.4 is 10.6 Å². The normalized spacial score (nSPS) is 35.2. The van der Waals surface area contributed by atoms with Gasteiger partial charge in [0.1, 0.15) is 0 Å². The molecule has 2 nitrogen and oxygen atoms in total. The summed E-state index contributed by atoms with van der Waals surface area (Å²) in [5, 5.41) is 6.34. The molecule has 0 aliphatic carbocycles. The Morgan fingerprint density at radius 3 is 2.62 bits per heavy atom. The van der Waals surface area contributed by atoms with Crippen LogP contribution in [0.25, 0.3) is 0 Å². The predicted octanol–water partition coefficient (Wildman–Crippen LogP) is 0.0798. The molecule has 0 aromatic carbocycles. The number of likely N-dealkylation sites (N-methyl/N-ethyl adjacent to an activating group) is 1. The van der Waals surface area contributed by atoms with Crippen LogP contribution in [0.15, 0.2) is 12.3 Å². The Labute approximate surface area is 50.0 Å². The molecule has 2 unspecified atom stereocenters. The Morgan fingerprint density at radius 1 is 1.62 bits per heavy atom.